The number of phenols is 1. The zero-order chi connectivity index (χ0) is 9.84. The third-order valence-electron chi connectivity index (χ3n) is 1.71. The fourth-order valence-electron chi connectivity index (χ4n) is 0.973. The number of hydrogen-bond acceptors (Lipinski definition) is 3. The predicted molar refractivity (Wildman–Crippen MR) is 78.3 cm³/mol. The van der Waals surface area contributed by atoms with Crippen molar-refractivity contribution in [2.45, 2.75) is 12.5 Å². The Morgan fingerprint density at radius 2 is 1.73 bits per heavy atom. The molecule has 0 aliphatic rings. The number of hydrogen-bond donors (Lipinski definition) is 3. The van der Waals surface area contributed by atoms with Gasteiger partial charge in [-0.2, -0.15) is 0 Å². The summed E-state index contributed by atoms with van der Waals surface area (Å²) in [6.45, 7) is 0. The molecule has 6 heteroatoms. The highest BCUT2D eigenvalue weighted by Crippen LogP contribution is 2.10. The van der Waals surface area contributed by atoms with Crippen molar-refractivity contribution in [3.8, 4) is 5.75 Å². The van der Waals surface area contributed by atoms with Crippen LogP contribution in [0.5, 0.6) is 5.75 Å². The second kappa shape index (κ2) is 8.11. The van der Waals surface area contributed by atoms with Gasteiger partial charge in [0.25, 0.3) is 0 Å². The van der Waals surface area contributed by atoms with Crippen molar-refractivity contribution < 1.29 is 15.0 Å². The van der Waals surface area contributed by atoms with E-state index in [9.17, 15) is 4.79 Å². The van der Waals surface area contributed by atoms with E-state index >= 15 is 0 Å². The summed E-state index contributed by atoms with van der Waals surface area (Å²) in [7, 11) is 0. The predicted octanol–water partition coefficient (Wildman–Crippen LogP) is 1.58. The third-order valence-corrected chi connectivity index (χ3v) is 1.71. The van der Waals surface area contributed by atoms with E-state index in [1.54, 1.807) is 12.1 Å². The Hall–Kier alpha value is -0.0900. The summed E-state index contributed by atoms with van der Waals surface area (Å²) in [5, 5.41) is 17.5. The largest absolute Gasteiger partial charge is 0.508 e. The highest BCUT2D eigenvalue weighted by atomic mass is 127. The Labute approximate surface area is 122 Å². The van der Waals surface area contributed by atoms with Gasteiger partial charge in [-0.15, -0.1) is 48.0 Å². The SMILES string of the molecule is I.I.N[C@@H](Cc1ccc(O)cc1)C(=O)O. The minimum atomic E-state index is -1.02. The molecule has 1 aromatic carbocycles. The molecule has 0 bridgehead atoms. The lowest BCUT2D eigenvalue weighted by Crippen LogP contribution is -2.32. The molecular weight excluding hydrogens is 424 g/mol. The van der Waals surface area contributed by atoms with Crippen LogP contribution in [0.3, 0.4) is 0 Å². The van der Waals surface area contributed by atoms with Gasteiger partial charge >= 0.3 is 5.97 Å². The highest BCUT2D eigenvalue weighted by molar-refractivity contribution is 14.0. The standard InChI is InChI=1S/C9H11NO3.2HI/c10-8(9(12)13)5-6-1-3-7(11)4-2-6;;/h1-4,8,11H,5,10H2,(H,12,13);2*1H/t8-;;/m0../s1. The second-order valence-corrected chi connectivity index (χ2v) is 2.82. The smallest absolute Gasteiger partial charge is 0.320 e. The molecule has 0 radical (unpaired) electrons. The summed E-state index contributed by atoms with van der Waals surface area (Å²) in [6, 6.07) is 5.42. The number of halogens is 2. The summed E-state index contributed by atoms with van der Waals surface area (Å²) in [4.78, 5) is 10.4. The van der Waals surface area contributed by atoms with Crippen LogP contribution < -0.4 is 5.73 Å². The van der Waals surface area contributed by atoms with Gasteiger partial charge in [0.15, 0.2) is 0 Å². The maximum absolute atomic E-state index is 10.4. The maximum Gasteiger partial charge on any atom is 0.320 e. The van der Waals surface area contributed by atoms with Gasteiger partial charge in [0.1, 0.15) is 11.8 Å². The number of carboxylic acid groups (broad SMARTS) is 1. The van der Waals surface area contributed by atoms with Crippen LogP contribution in [0.2, 0.25) is 0 Å². The molecule has 0 aliphatic carbocycles. The van der Waals surface area contributed by atoms with Gasteiger partial charge < -0.3 is 15.9 Å². The average Bonchev–Trinajstić information content (AvgIpc) is 2.08. The number of rotatable bonds is 3. The zero-order valence-electron chi connectivity index (χ0n) is 7.79. The molecule has 4 nitrogen and oxygen atoms in total. The molecule has 0 saturated heterocycles. The van der Waals surface area contributed by atoms with Crippen LogP contribution in [0.25, 0.3) is 0 Å². The van der Waals surface area contributed by atoms with Crippen molar-refractivity contribution in [2.75, 3.05) is 0 Å². The summed E-state index contributed by atoms with van der Waals surface area (Å²) in [5.41, 5.74) is 6.12. The number of nitrogens with two attached hydrogens (primary N) is 1. The van der Waals surface area contributed by atoms with Gasteiger partial charge in [0.2, 0.25) is 0 Å². The molecule has 1 aromatic rings. The van der Waals surface area contributed by atoms with Crippen molar-refractivity contribution in [3.05, 3.63) is 29.8 Å². The molecule has 0 unspecified atom stereocenters. The molecule has 4 N–H and O–H groups in total. The summed E-state index contributed by atoms with van der Waals surface area (Å²) < 4.78 is 0. The van der Waals surface area contributed by atoms with E-state index in [1.165, 1.54) is 12.1 Å². The summed E-state index contributed by atoms with van der Waals surface area (Å²) in [5.74, 6) is -0.860. The van der Waals surface area contributed by atoms with Gasteiger partial charge in [-0.1, -0.05) is 12.1 Å². The van der Waals surface area contributed by atoms with Gasteiger partial charge in [0, 0.05) is 0 Å². The number of aromatic hydroxyl groups is 1. The maximum atomic E-state index is 10.4. The summed E-state index contributed by atoms with van der Waals surface area (Å²) >= 11 is 0. The van der Waals surface area contributed by atoms with Crippen molar-refractivity contribution in [2.24, 2.45) is 5.73 Å². The van der Waals surface area contributed by atoms with E-state index in [2.05, 4.69) is 0 Å². The number of carbonyl (C=O) groups is 1. The minimum absolute atomic E-state index is 0. The molecule has 0 saturated carbocycles. The molecule has 0 spiro atoms. The molecule has 0 aliphatic heterocycles. The van der Waals surface area contributed by atoms with Crippen LogP contribution >= 0.6 is 48.0 Å². The normalized spacial score (nSPS) is 10.7. The van der Waals surface area contributed by atoms with Gasteiger partial charge in [0.05, 0.1) is 0 Å². The summed E-state index contributed by atoms with van der Waals surface area (Å²) in [6.07, 6.45) is 0.273. The van der Waals surface area contributed by atoms with Crippen LogP contribution in [0.15, 0.2) is 24.3 Å². The lowest BCUT2D eigenvalue weighted by Gasteiger charge is -2.05. The fourth-order valence-corrected chi connectivity index (χ4v) is 0.973. The molecule has 0 fully saturated rings. The van der Waals surface area contributed by atoms with E-state index in [-0.39, 0.29) is 60.1 Å². The first-order valence-corrected chi connectivity index (χ1v) is 3.86. The fraction of sp³-hybridized carbons (Fsp3) is 0.222. The van der Waals surface area contributed by atoms with Gasteiger partial charge in [-0.25, -0.2) is 0 Å². The molecule has 0 aromatic heterocycles. The third kappa shape index (κ3) is 6.15. The molecule has 15 heavy (non-hydrogen) atoms. The van der Waals surface area contributed by atoms with E-state index in [4.69, 9.17) is 15.9 Å². The first kappa shape index (κ1) is 17.3. The average molecular weight is 437 g/mol. The Morgan fingerprint density at radius 1 is 1.27 bits per heavy atom. The van der Waals surface area contributed by atoms with Crippen LogP contribution in [-0.2, 0) is 11.2 Å². The topological polar surface area (TPSA) is 83.5 Å². The molecule has 1 rings (SSSR count). The number of phenolic OH excluding ortho intramolecular Hbond substituents is 1. The molecule has 1 atom stereocenters. The number of benzene rings is 1. The second-order valence-electron chi connectivity index (χ2n) is 2.82. The first-order chi connectivity index (χ1) is 6.09. The van der Waals surface area contributed by atoms with Crippen LogP contribution in [0, 0.1) is 0 Å². The molecular formula is C9H13I2NO3. The lowest BCUT2D eigenvalue weighted by atomic mass is 10.1. The quantitative estimate of drug-likeness (QED) is 0.628. The molecule has 86 valence electrons. The van der Waals surface area contributed by atoms with E-state index in [0.29, 0.717) is 0 Å². The van der Waals surface area contributed by atoms with Crippen molar-refractivity contribution in [1.82, 2.24) is 0 Å². The van der Waals surface area contributed by atoms with Crippen LogP contribution in [0.1, 0.15) is 5.56 Å². The van der Waals surface area contributed by atoms with E-state index in [1.807, 2.05) is 0 Å². The molecule has 0 heterocycles. The number of carboxylic acids is 1. The molecule has 0 amide bonds. The monoisotopic (exact) mass is 437 g/mol. The zero-order valence-corrected chi connectivity index (χ0v) is 12.5. The lowest BCUT2D eigenvalue weighted by molar-refractivity contribution is -0.138. The minimum Gasteiger partial charge on any atom is -0.508 e. The first-order valence-electron chi connectivity index (χ1n) is 3.86. The number of aliphatic carboxylic acids is 1. The Balaban J connectivity index is 0. The van der Waals surface area contributed by atoms with Crippen LogP contribution in [0.4, 0.5) is 0 Å². The Kier molecular flexibility index (Phi) is 9.36. The van der Waals surface area contributed by atoms with Crippen molar-refractivity contribution in [1.29, 1.82) is 0 Å². The Bertz CT molecular complexity index is 303. The Morgan fingerprint density at radius 3 is 2.13 bits per heavy atom. The van der Waals surface area contributed by atoms with Gasteiger partial charge in [-0.05, 0) is 24.1 Å². The van der Waals surface area contributed by atoms with Crippen LogP contribution in [-0.4, -0.2) is 22.2 Å². The van der Waals surface area contributed by atoms with Crippen molar-refractivity contribution >= 4 is 53.9 Å². The highest BCUT2D eigenvalue weighted by Gasteiger charge is 2.11. The van der Waals surface area contributed by atoms with E-state index < -0.39 is 12.0 Å². The van der Waals surface area contributed by atoms with Gasteiger partial charge in [-0.3, -0.25) is 4.79 Å². The van der Waals surface area contributed by atoms with Crippen molar-refractivity contribution in [3.63, 3.8) is 0 Å². The van der Waals surface area contributed by atoms with E-state index in [0.717, 1.165) is 5.56 Å².